The molecular weight excluding hydrogens is 480 g/mol. The normalized spacial score (nSPS) is 11.0. The van der Waals surface area contributed by atoms with Crippen LogP contribution in [0.3, 0.4) is 0 Å². The number of hydrogen-bond donors (Lipinski definition) is 1. The largest absolute Gasteiger partial charge is 0.433 e. The molecule has 2 aromatic heterocycles. The fourth-order valence-corrected chi connectivity index (χ4v) is 5.12. The predicted octanol–water partition coefficient (Wildman–Crippen LogP) is 5.64. The highest BCUT2D eigenvalue weighted by molar-refractivity contribution is 7.99. The van der Waals surface area contributed by atoms with Crippen molar-refractivity contribution in [1.82, 2.24) is 9.55 Å². The first-order valence-electron chi connectivity index (χ1n) is 10.1. The molecule has 0 aliphatic heterocycles. The van der Waals surface area contributed by atoms with Gasteiger partial charge in [-0.15, -0.1) is 17.9 Å². The van der Waals surface area contributed by atoms with Gasteiger partial charge in [0.25, 0.3) is 5.56 Å². The highest BCUT2D eigenvalue weighted by Gasteiger charge is 2.18. The van der Waals surface area contributed by atoms with E-state index < -0.39 is 12.5 Å². The topological polar surface area (TPSA) is 73.2 Å². The van der Waals surface area contributed by atoms with Crippen LogP contribution >= 0.6 is 23.1 Å². The van der Waals surface area contributed by atoms with Crippen LogP contribution in [0.25, 0.3) is 21.3 Å². The number of aromatic nitrogens is 2. The number of thioether (sulfide) groups is 1. The van der Waals surface area contributed by atoms with E-state index in [0.717, 1.165) is 22.9 Å². The lowest BCUT2D eigenvalue weighted by Crippen LogP contribution is -2.23. The van der Waals surface area contributed by atoms with Crippen LogP contribution in [0.5, 0.6) is 5.75 Å². The Labute approximate surface area is 201 Å². The molecule has 0 aliphatic rings. The number of thiophene rings is 1. The third kappa shape index (κ3) is 5.18. The lowest BCUT2D eigenvalue weighted by atomic mass is 10.1. The Hall–Kier alpha value is -3.50. The van der Waals surface area contributed by atoms with Gasteiger partial charge in [-0.05, 0) is 17.7 Å². The third-order valence-corrected chi connectivity index (χ3v) is 6.61. The number of carbonyl (C=O) groups is 1. The Balaban J connectivity index is 1.59. The smallest absolute Gasteiger partial charge is 0.387 e. The number of hydrogen-bond acceptors (Lipinski definition) is 6. The molecule has 0 radical (unpaired) electrons. The number of amides is 1. The maximum Gasteiger partial charge on any atom is 0.387 e. The number of alkyl halides is 2. The van der Waals surface area contributed by atoms with E-state index in [2.05, 4.69) is 21.6 Å². The first kappa shape index (κ1) is 23.7. The Bertz CT molecular complexity index is 1390. The summed E-state index contributed by atoms with van der Waals surface area (Å²) in [4.78, 5) is 31.1. The number of carbonyl (C=O) groups excluding carboxylic acids is 1. The number of nitrogens with zero attached hydrogens (tertiary/aromatic N) is 2. The summed E-state index contributed by atoms with van der Waals surface area (Å²) in [7, 11) is 0. The lowest BCUT2D eigenvalue weighted by Gasteiger charge is -2.13. The molecule has 4 rings (SSSR count). The van der Waals surface area contributed by atoms with Crippen molar-refractivity contribution in [2.24, 2.45) is 0 Å². The van der Waals surface area contributed by atoms with Crippen molar-refractivity contribution < 1.29 is 18.3 Å². The molecule has 10 heteroatoms. The van der Waals surface area contributed by atoms with E-state index >= 15 is 0 Å². The van der Waals surface area contributed by atoms with E-state index in [1.54, 1.807) is 12.1 Å². The van der Waals surface area contributed by atoms with E-state index in [9.17, 15) is 18.4 Å². The van der Waals surface area contributed by atoms with Gasteiger partial charge in [0.15, 0.2) is 5.16 Å². The molecule has 0 aliphatic carbocycles. The number of anilines is 1. The highest BCUT2D eigenvalue weighted by atomic mass is 32.2. The summed E-state index contributed by atoms with van der Waals surface area (Å²) in [5.74, 6) is -0.674. The standard InChI is InChI=1S/C24H19F2N3O3S2/c1-2-12-29-22(31)20-16(15-8-4-3-5-9-15)13-33-21(20)28-24(29)34-14-19(30)27-17-10-6-7-11-18(17)32-23(25)26/h2-11,13,23H,1,12,14H2,(H,27,30). The quantitative estimate of drug-likeness (QED) is 0.183. The van der Waals surface area contributed by atoms with Crippen LogP contribution in [0, 0.1) is 0 Å². The third-order valence-electron chi connectivity index (χ3n) is 4.76. The lowest BCUT2D eigenvalue weighted by molar-refractivity contribution is -0.113. The van der Waals surface area contributed by atoms with Gasteiger partial charge >= 0.3 is 6.61 Å². The van der Waals surface area contributed by atoms with Gasteiger partial charge in [0.05, 0.1) is 16.8 Å². The number of fused-ring (bicyclic) bond motifs is 1. The van der Waals surface area contributed by atoms with Crippen LogP contribution in [0.2, 0.25) is 0 Å². The molecule has 0 fully saturated rings. The van der Waals surface area contributed by atoms with Crippen molar-refractivity contribution in [2.45, 2.75) is 18.3 Å². The van der Waals surface area contributed by atoms with Crippen molar-refractivity contribution in [1.29, 1.82) is 0 Å². The van der Waals surface area contributed by atoms with Gasteiger partial charge in [-0.3, -0.25) is 14.2 Å². The molecule has 2 aromatic carbocycles. The van der Waals surface area contributed by atoms with Crippen molar-refractivity contribution in [2.75, 3.05) is 11.1 Å². The van der Waals surface area contributed by atoms with Crippen LogP contribution in [0.15, 0.2) is 82.6 Å². The first-order valence-corrected chi connectivity index (χ1v) is 12.0. The molecular formula is C24H19F2N3O3S2. The molecule has 0 saturated carbocycles. The van der Waals surface area contributed by atoms with E-state index in [4.69, 9.17) is 0 Å². The molecule has 0 spiro atoms. The summed E-state index contributed by atoms with van der Waals surface area (Å²) < 4.78 is 31.1. The van der Waals surface area contributed by atoms with Gasteiger partial charge in [0.1, 0.15) is 10.6 Å². The van der Waals surface area contributed by atoms with Gasteiger partial charge in [0, 0.05) is 17.5 Å². The maximum absolute atomic E-state index is 13.4. The van der Waals surface area contributed by atoms with E-state index in [1.165, 1.54) is 34.1 Å². The second-order valence-corrected chi connectivity index (χ2v) is 8.81. The zero-order valence-corrected chi connectivity index (χ0v) is 19.4. The van der Waals surface area contributed by atoms with Crippen molar-refractivity contribution >= 4 is 44.9 Å². The predicted molar refractivity (Wildman–Crippen MR) is 132 cm³/mol. The molecule has 0 saturated heterocycles. The van der Waals surface area contributed by atoms with Gasteiger partial charge in [-0.1, -0.05) is 60.3 Å². The van der Waals surface area contributed by atoms with E-state index in [-0.39, 0.29) is 29.3 Å². The maximum atomic E-state index is 13.4. The van der Waals surface area contributed by atoms with Crippen LogP contribution in [-0.2, 0) is 11.3 Å². The van der Waals surface area contributed by atoms with Gasteiger partial charge in [-0.2, -0.15) is 8.78 Å². The SMILES string of the molecule is C=CCn1c(SCC(=O)Nc2ccccc2OC(F)F)nc2scc(-c3ccccc3)c2c1=O. The molecule has 34 heavy (non-hydrogen) atoms. The summed E-state index contributed by atoms with van der Waals surface area (Å²) in [6, 6.07) is 15.5. The molecule has 0 atom stereocenters. The van der Waals surface area contributed by atoms with Gasteiger partial charge in [-0.25, -0.2) is 4.98 Å². The molecule has 4 aromatic rings. The van der Waals surface area contributed by atoms with Crippen molar-refractivity contribution in [3.8, 4) is 16.9 Å². The van der Waals surface area contributed by atoms with Crippen LogP contribution in [0.4, 0.5) is 14.5 Å². The van der Waals surface area contributed by atoms with Crippen molar-refractivity contribution in [3.05, 3.63) is 83.0 Å². The second kappa shape index (κ2) is 10.6. The zero-order chi connectivity index (χ0) is 24.1. The Morgan fingerprint density at radius 2 is 1.94 bits per heavy atom. The molecule has 1 N–H and O–H groups in total. The Kier molecular flexibility index (Phi) is 7.39. The van der Waals surface area contributed by atoms with Crippen LogP contribution in [0.1, 0.15) is 0 Å². The second-order valence-electron chi connectivity index (χ2n) is 7.01. The number of nitrogens with one attached hydrogen (secondary N) is 1. The average molecular weight is 500 g/mol. The number of rotatable bonds is 9. The number of benzene rings is 2. The van der Waals surface area contributed by atoms with Crippen molar-refractivity contribution in [3.63, 3.8) is 0 Å². The molecule has 0 unspecified atom stereocenters. The summed E-state index contributed by atoms with van der Waals surface area (Å²) >= 11 is 2.43. The molecule has 6 nitrogen and oxygen atoms in total. The Morgan fingerprint density at radius 1 is 1.21 bits per heavy atom. The minimum absolute atomic E-state index is 0.0883. The summed E-state index contributed by atoms with van der Waals surface area (Å²) in [5, 5.41) is 5.35. The van der Waals surface area contributed by atoms with Gasteiger partial charge < -0.3 is 10.1 Å². The molecule has 174 valence electrons. The fourth-order valence-electron chi connectivity index (χ4n) is 3.32. The summed E-state index contributed by atoms with van der Waals surface area (Å²) in [5.41, 5.74) is 1.64. The zero-order valence-electron chi connectivity index (χ0n) is 17.7. The molecule has 1 amide bonds. The summed E-state index contributed by atoms with van der Waals surface area (Å²) in [6.07, 6.45) is 1.59. The molecule has 2 heterocycles. The van der Waals surface area contributed by atoms with Gasteiger partial charge in [0.2, 0.25) is 5.91 Å². The highest BCUT2D eigenvalue weighted by Crippen LogP contribution is 2.32. The summed E-state index contributed by atoms with van der Waals surface area (Å²) in [6.45, 7) is 0.934. The number of ether oxygens (including phenoxy) is 1. The van der Waals surface area contributed by atoms with Crippen LogP contribution < -0.4 is 15.6 Å². The Morgan fingerprint density at radius 3 is 2.68 bits per heavy atom. The van der Waals surface area contributed by atoms with Crippen LogP contribution in [-0.4, -0.2) is 27.8 Å². The monoisotopic (exact) mass is 499 g/mol. The molecule has 0 bridgehead atoms. The fraction of sp³-hybridized carbons (Fsp3) is 0.125. The minimum atomic E-state index is -3.01. The number of allylic oxidation sites excluding steroid dienone is 1. The van der Waals surface area contributed by atoms with E-state index in [0.29, 0.717) is 15.4 Å². The first-order chi connectivity index (χ1) is 16.5. The number of halogens is 2. The average Bonchev–Trinajstić information content (AvgIpc) is 3.25. The van der Waals surface area contributed by atoms with E-state index in [1.807, 2.05) is 35.7 Å². The minimum Gasteiger partial charge on any atom is -0.433 e. The number of para-hydroxylation sites is 2.